The zero-order valence-electron chi connectivity index (χ0n) is 11.5. The van der Waals surface area contributed by atoms with E-state index in [0.29, 0.717) is 17.1 Å². The molecule has 1 heterocycles. The molecule has 0 fully saturated rings. The van der Waals surface area contributed by atoms with E-state index in [1.807, 2.05) is 0 Å². The average Bonchev–Trinajstić information content (AvgIpc) is 2.39. The number of aryl methyl sites for hydroxylation is 1. The fourth-order valence-corrected chi connectivity index (χ4v) is 1.70. The number of aromatic nitrogens is 2. The number of benzene rings is 1. The molecule has 7 heteroatoms. The van der Waals surface area contributed by atoms with E-state index in [4.69, 9.17) is 5.11 Å². The maximum atomic E-state index is 10.9. The number of amides is 1. The van der Waals surface area contributed by atoms with Gasteiger partial charge in [-0.15, -0.1) is 0 Å². The molecule has 0 aliphatic carbocycles. The highest BCUT2D eigenvalue weighted by Crippen LogP contribution is 2.17. The Balaban J connectivity index is 2.18. The highest BCUT2D eigenvalue weighted by atomic mass is 16.4. The first-order chi connectivity index (χ1) is 9.94. The SMILES string of the molecule is CC(=O)Nc1ccc(Nc2nc(C)cc(C(=O)O)n2)cc1. The first-order valence-electron chi connectivity index (χ1n) is 6.17. The van der Waals surface area contributed by atoms with Gasteiger partial charge in [-0.05, 0) is 37.3 Å². The molecule has 21 heavy (non-hydrogen) atoms. The Morgan fingerprint density at radius 2 is 1.71 bits per heavy atom. The second-order valence-electron chi connectivity index (χ2n) is 4.41. The number of carbonyl (C=O) groups is 2. The molecule has 0 unspecified atom stereocenters. The van der Waals surface area contributed by atoms with Crippen molar-refractivity contribution in [1.82, 2.24) is 9.97 Å². The van der Waals surface area contributed by atoms with Crippen LogP contribution in [0.1, 0.15) is 23.1 Å². The number of carboxylic acids is 1. The van der Waals surface area contributed by atoms with Crippen LogP contribution >= 0.6 is 0 Å². The van der Waals surface area contributed by atoms with Crippen LogP contribution < -0.4 is 10.6 Å². The molecule has 0 aliphatic heterocycles. The minimum absolute atomic E-state index is 0.0696. The molecule has 2 rings (SSSR count). The molecule has 0 saturated heterocycles. The number of carboxylic acid groups (broad SMARTS) is 1. The summed E-state index contributed by atoms with van der Waals surface area (Å²) in [5, 5.41) is 14.5. The molecule has 0 saturated carbocycles. The fourth-order valence-electron chi connectivity index (χ4n) is 1.70. The third-order valence-corrected chi connectivity index (χ3v) is 2.53. The molecule has 0 aliphatic rings. The van der Waals surface area contributed by atoms with Gasteiger partial charge in [0, 0.05) is 24.0 Å². The highest BCUT2D eigenvalue weighted by molar-refractivity contribution is 5.89. The number of rotatable bonds is 4. The van der Waals surface area contributed by atoms with Crippen molar-refractivity contribution in [2.45, 2.75) is 13.8 Å². The van der Waals surface area contributed by atoms with Crippen LogP contribution in [0.4, 0.5) is 17.3 Å². The van der Waals surface area contributed by atoms with Gasteiger partial charge in [0.2, 0.25) is 11.9 Å². The van der Waals surface area contributed by atoms with Crippen LogP contribution in [0.2, 0.25) is 0 Å². The number of hydrogen-bond donors (Lipinski definition) is 3. The lowest BCUT2D eigenvalue weighted by atomic mass is 10.3. The van der Waals surface area contributed by atoms with Gasteiger partial charge in [0.1, 0.15) is 0 Å². The van der Waals surface area contributed by atoms with Crippen molar-refractivity contribution < 1.29 is 14.7 Å². The zero-order chi connectivity index (χ0) is 15.4. The van der Waals surface area contributed by atoms with E-state index < -0.39 is 5.97 Å². The van der Waals surface area contributed by atoms with Gasteiger partial charge in [0.15, 0.2) is 5.69 Å². The molecular formula is C14H14N4O3. The maximum Gasteiger partial charge on any atom is 0.354 e. The molecule has 0 radical (unpaired) electrons. The van der Waals surface area contributed by atoms with Crippen LogP contribution in [0.25, 0.3) is 0 Å². The van der Waals surface area contributed by atoms with Crippen molar-refractivity contribution in [3.8, 4) is 0 Å². The Hall–Kier alpha value is -2.96. The summed E-state index contributed by atoms with van der Waals surface area (Å²) in [7, 11) is 0. The summed E-state index contributed by atoms with van der Waals surface area (Å²) in [4.78, 5) is 29.9. The summed E-state index contributed by atoms with van der Waals surface area (Å²) in [5.74, 6) is -1.05. The van der Waals surface area contributed by atoms with Crippen molar-refractivity contribution in [3.63, 3.8) is 0 Å². The second-order valence-corrected chi connectivity index (χ2v) is 4.41. The number of carbonyl (C=O) groups excluding carboxylic acids is 1. The molecule has 0 atom stereocenters. The Bertz CT molecular complexity index is 683. The van der Waals surface area contributed by atoms with Crippen LogP contribution in [-0.2, 0) is 4.79 Å². The standard InChI is InChI=1S/C14H14N4O3/c1-8-7-12(13(20)21)18-14(15-8)17-11-5-3-10(4-6-11)16-9(2)19/h3-7H,1-2H3,(H,16,19)(H,20,21)(H,15,17,18). The summed E-state index contributed by atoms with van der Waals surface area (Å²) >= 11 is 0. The fraction of sp³-hybridized carbons (Fsp3) is 0.143. The lowest BCUT2D eigenvalue weighted by Crippen LogP contribution is -2.07. The van der Waals surface area contributed by atoms with Crippen LogP contribution in [0.3, 0.4) is 0 Å². The molecule has 2 aromatic rings. The number of nitrogens with one attached hydrogen (secondary N) is 2. The summed E-state index contributed by atoms with van der Waals surface area (Å²) < 4.78 is 0. The van der Waals surface area contributed by atoms with Gasteiger partial charge in [-0.1, -0.05) is 0 Å². The van der Waals surface area contributed by atoms with Crippen molar-refractivity contribution in [1.29, 1.82) is 0 Å². The normalized spacial score (nSPS) is 10.0. The summed E-state index contributed by atoms with van der Waals surface area (Å²) in [6.07, 6.45) is 0. The van der Waals surface area contributed by atoms with Crippen molar-refractivity contribution >= 4 is 29.2 Å². The minimum Gasteiger partial charge on any atom is -0.477 e. The third-order valence-electron chi connectivity index (χ3n) is 2.53. The van der Waals surface area contributed by atoms with E-state index in [1.54, 1.807) is 31.2 Å². The smallest absolute Gasteiger partial charge is 0.354 e. The first-order valence-corrected chi connectivity index (χ1v) is 6.17. The van der Waals surface area contributed by atoms with E-state index in [-0.39, 0.29) is 17.5 Å². The average molecular weight is 286 g/mol. The number of aromatic carboxylic acids is 1. The van der Waals surface area contributed by atoms with Gasteiger partial charge < -0.3 is 15.7 Å². The predicted octanol–water partition coefficient (Wildman–Crippen LogP) is 2.19. The second kappa shape index (κ2) is 6.00. The van der Waals surface area contributed by atoms with Gasteiger partial charge in [0.25, 0.3) is 0 Å². The van der Waals surface area contributed by atoms with Gasteiger partial charge in [-0.2, -0.15) is 0 Å². The number of nitrogens with zero attached hydrogens (tertiary/aromatic N) is 2. The van der Waals surface area contributed by atoms with E-state index in [1.165, 1.54) is 13.0 Å². The molecule has 1 aromatic heterocycles. The lowest BCUT2D eigenvalue weighted by Gasteiger charge is -2.08. The van der Waals surface area contributed by atoms with E-state index in [2.05, 4.69) is 20.6 Å². The van der Waals surface area contributed by atoms with Crippen LogP contribution in [0.15, 0.2) is 30.3 Å². The predicted molar refractivity (Wildman–Crippen MR) is 77.8 cm³/mol. The molecule has 1 amide bonds. The molecule has 3 N–H and O–H groups in total. The van der Waals surface area contributed by atoms with E-state index in [0.717, 1.165) is 0 Å². The largest absolute Gasteiger partial charge is 0.477 e. The van der Waals surface area contributed by atoms with Crippen LogP contribution in [-0.4, -0.2) is 27.0 Å². The Kier molecular flexibility index (Phi) is 4.13. The van der Waals surface area contributed by atoms with Crippen LogP contribution in [0.5, 0.6) is 0 Å². The summed E-state index contributed by atoms with van der Waals surface area (Å²) in [6.45, 7) is 3.12. The van der Waals surface area contributed by atoms with E-state index in [9.17, 15) is 9.59 Å². The highest BCUT2D eigenvalue weighted by Gasteiger charge is 2.08. The molecule has 108 valence electrons. The Labute approximate surface area is 121 Å². The first kappa shape index (κ1) is 14.4. The Morgan fingerprint density at radius 1 is 1.10 bits per heavy atom. The lowest BCUT2D eigenvalue weighted by molar-refractivity contribution is -0.114. The monoisotopic (exact) mass is 286 g/mol. The topological polar surface area (TPSA) is 104 Å². The molecule has 0 bridgehead atoms. The Morgan fingerprint density at radius 3 is 2.29 bits per heavy atom. The summed E-state index contributed by atoms with van der Waals surface area (Å²) in [6, 6.07) is 8.30. The molecule has 7 nitrogen and oxygen atoms in total. The molecular weight excluding hydrogens is 272 g/mol. The number of hydrogen-bond acceptors (Lipinski definition) is 5. The van der Waals surface area contributed by atoms with Gasteiger partial charge in [-0.25, -0.2) is 14.8 Å². The zero-order valence-corrected chi connectivity index (χ0v) is 11.5. The molecule has 1 aromatic carbocycles. The minimum atomic E-state index is -1.11. The third kappa shape index (κ3) is 4.00. The maximum absolute atomic E-state index is 10.9. The van der Waals surface area contributed by atoms with Gasteiger partial charge in [-0.3, -0.25) is 4.79 Å². The quantitative estimate of drug-likeness (QED) is 0.795. The summed E-state index contributed by atoms with van der Waals surface area (Å²) in [5.41, 5.74) is 1.84. The van der Waals surface area contributed by atoms with Crippen LogP contribution in [0, 0.1) is 6.92 Å². The van der Waals surface area contributed by atoms with E-state index >= 15 is 0 Å². The van der Waals surface area contributed by atoms with Crippen molar-refractivity contribution in [2.75, 3.05) is 10.6 Å². The van der Waals surface area contributed by atoms with Crippen molar-refractivity contribution in [2.24, 2.45) is 0 Å². The molecule has 0 spiro atoms. The van der Waals surface area contributed by atoms with Crippen molar-refractivity contribution in [3.05, 3.63) is 41.7 Å². The van der Waals surface area contributed by atoms with Gasteiger partial charge >= 0.3 is 5.97 Å². The van der Waals surface area contributed by atoms with Gasteiger partial charge in [0.05, 0.1) is 0 Å². The number of anilines is 3.